The Balaban J connectivity index is 0.00000225. The molecule has 3 rings (SSSR count). The summed E-state index contributed by atoms with van der Waals surface area (Å²) in [6.07, 6.45) is 2.08. The Morgan fingerprint density at radius 3 is 2.68 bits per heavy atom. The SMILES string of the molecule is Cc1ccc(SCC(=O)Nc2nc(C3CCNCC3)nn2C)cc1.Cl. The summed E-state index contributed by atoms with van der Waals surface area (Å²) in [6, 6.07) is 8.16. The molecule has 1 fully saturated rings. The number of hydrogen-bond donors (Lipinski definition) is 2. The summed E-state index contributed by atoms with van der Waals surface area (Å²) in [5.74, 6) is 2.04. The molecule has 1 amide bonds. The van der Waals surface area contributed by atoms with Crippen molar-refractivity contribution in [2.75, 3.05) is 24.2 Å². The number of piperidine rings is 1. The van der Waals surface area contributed by atoms with Crippen molar-refractivity contribution in [3.63, 3.8) is 0 Å². The van der Waals surface area contributed by atoms with E-state index in [1.54, 1.807) is 4.68 Å². The number of anilines is 1. The molecule has 136 valence electrons. The summed E-state index contributed by atoms with van der Waals surface area (Å²) in [6.45, 7) is 4.05. The minimum absolute atomic E-state index is 0. The van der Waals surface area contributed by atoms with E-state index in [1.165, 1.54) is 17.3 Å². The van der Waals surface area contributed by atoms with Crippen LogP contribution in [0.2, 0.25) is 0 Å². The Kier molecular flexibility index (Phi) is 7.28. The van der Waals surface area contributed by atoms with Gasteiger partial charge >= 0.3 is 0 Å². The highest BCUT2D eigenvalue weighted by molar-refractivity contribution is 8.00. The molecule has 6 nitrogen and oxygen atoms in total. The molecule has 1 aromatic heterocycles. The van der Waals surface area contributed by atoms with Crippen molar-refractivity contribution in [3.8, 4) is 0 Å². The van der Waals surface area contributed by atoms with E-state index in [-0.39, 0.29) is 18.3 Å². The Bertz CT molecular complexity index is 698. The number of amides is 1. The zero-order valence-electron chi connectivity index (χ0n) is 14.5. The Labute approximate surface area is 158 Å². The van der Waals surface area contributed by atoms with E-state index in [1.807, 2.05) is 31.3 Å². The maximum atomic E-state index is 12.2. The number of hydrogen-bond acceptors (Lipinski definition) is 5. The van der Waals surface area contributed by atoms with E-state index in [9.17, 15) is 4.79 Å². The fraction of sp³-hybridized carbons (Fsp3) is 0.471. The topological polar surface area (TPSA) is 71.8 Å². The molecule has 1 saturated heterocycles. The number of rotatable bonds is 5. The van der Waals surface area contributed by atoms with Crippen LogP contribution in [0.4, 0.5) is 5.95 Å². The molecular weight excluding hydrogens is 358 g/mol. The zero-order valence-corrected chi connectivity index (χ0v) is 16.1. The number of nitrogens with zero attached hydrogens (tertiary/aromatic N) is 3. The molecule has 0 atom stereocenters. The lowest BCUT2D eigenvalue weighted by atomic mass is 9.98. The van der Waals surface area contributed by atoms with Crippen molar-refractivity contribution in [2.45, 2.75) is 30.6 Å². The summed E-state index contributed by atoms with van der Waals surface area (Å²) in [5, 5.41) is 10.7. The summed E-state index contributed by atoms with van der Waals surface area (Å²) in [7, 11) is 1.82. The normalized spacial score (nSPS) is 14.8. The van der Waals surface area contributed by atoms with Crippen molar-refractivity contribution < 1.29 is 4.79 Å². The first-order chi connectivity index (χ1) is 11.6. The summed E-state index contributed by atoms with van der Waals surface area (Å²) >= 11 is 1.52. The van der Waals surface area contributed by atoms with Gasteiger partial charge in [0.05, 0.1) is 5.75 Å². The van der Waals surface area contributed by atoms with Crippen LogP contribution >= 0.6 is 24.2 Å². The van der Waals surface area contributed by atoms with E-state index in [0.29, 0.717) is 17.6 Å². The van der Waals surface area contributed by atoms with Gasteiger partial charge in [-0.2, -0.15) is 10.1 Å². The Morgan fingerprint density at radius 2 is 2.00 bits per heavy atom. The highest BCUT2D eigenvalue weighted by atomic mass is 35.5. The predicted molar refractivity (Wildman–Crippen MR) is 104 cm³/mol. The number of carbonyl (C=O) groups is 1. The molecule has 0 spiro atoms. The van der Waals surface area contributed by atoms with E-state index in [4.69, 9.17) is 0 Å². The van der Waals surface area contributed by atoms with Crippen LogP contribution in [0, 0.1) is 6.92 Å². The molecule has 1 aromatic carbocycles. The van der Waals surface area contributed by atoms with Crippen LogP contribution in [0.5, 0.6) is 0 Å². The molecule has 1 aliphatic heterocycles. The second-order valence-electron chi connectivity index (χ2n) is 6.09. The van der Waals surface area contributed by atoms with Crippen molar-refractivity contribution in [2.24, 2.45) is 7.05 Å². The molecule has 0 bridgehead atoms. The van der Waals surface area contributed by atoms with Crippen molar-refractivity contribution in [1.82, 2.24) is 20.1 Å². The monoisotopic (exact) mass is 381 g/mol. The Morgan fingerprint density at radius 1 is 1.32 bits per heavy atom. The zero-order chi connectivity index (χ0) is 16.9. The molecule has 0 saturated carbocycles. The number of carbonyl (C=O) groups excluding carboxylic acids is 1. The lowest BCUT2D eigenvalue weighted by molar-refractivity contribution is -0.113. The number of aromatic nitrogens is 3. The average Bonchev–Trinajstić information content (AvgIpc) is 2.96. The molecule has 0 aliphatic carbocycles. The van der Waals surface area contributed by atoms with E-state index in [0.717, 1.165) is 36.7 Å². The van der Waals surface area contributed by atoms with E-state index < -0.39 is 0 Å². The first-order valence-electron chi connectivity index (χ1n) is 8.23. The molecule has 2 aromatic rings. The molecule has 2 heterocycles. The van der Waals surface area contributed by atoms with Crippen molar-refractivity contribution >= 4 is 36.0 Å². The van der Waals surface area contributed by atoms with Gasteiger partial charge < -0.3 is 5.32 Å². The lowest BCUT2D eigenvalue weighted by Crippen LogP contribution is -2.27. The molecule has 0 unspecified atom stereocenters. The maximum Gasteiger partial charge on any atom is 0.237 e. The number of aryl methyl sites for hydroxylation is 2. The highest BCUT2D eigenvalue weighted by Gasteiger charge is 2.21. The fourth-order valence-corrected chi connectivity index (χ4v) is 3.41. The van der Waals surface area contributed by atoms with Crippen LogP contribution < -0.4 is 10.6 Å². The summed E-state index contributed by atoms with van der Waals surface area (Å²) < 4.78 is 1.66. The van der Waals surface area contributed by atoms with Gasteiger partial charge in [-0.1, -0.05) is 17.7 Å². The van der Waals surface area contributed by atoms with Gasteiger partial charge in [0.2, 0.25) is 11.9 Å². The molecule has 1 aliphatic rings. The van der Waals surface area contributed by atoms with Gasteiger partial charge in [-0.3, -0.25) is 10.1 Å². The van der Waals surface area contributed by atoms with E-state index in [2.05, 4.69) is 27.6 Å². The van der Waals surface area contributed by atoms with Crippen LogP contribution in [0.25, 0.3) is 0 Å². The molecule has 0 radical (unpaired) electrons. The minimum atomic E-state index is -0.0621. The second kappa shape index (κ2) is 9.22. The Hall–Kier alpha value is -1.57. The van der Waals surface area contributed by atoms with Crippen LogP contribution in [0.3, 0.4) is 0 Å². The number of thioether (sulfide) groups is 1. The average molecular weight is 382 g/mol. The molecular formula is C17H24ClN5OS. The third-order valence-corrected chi connectivity index (χ3v) is 5.14. The lowest BCUT2D eigenvalue weighted by Gasteiger charge is -2.19. The maximum absolute atomic E-state index is 12.2. The number of benzene rings is 1. The van der Waals surface area contributed by atoms with Gasteiger partial charge in [-0.25, -0.2) is 4.68 Å². The minimum Gasteiger partial charge on any atom is -0.317 e. The highest BCUT2D eigenvalue weighted by Crippen LogP contribution is 2.23. The van der Waals surface area contributed by atoms with Crippen LogP contribution in [-0.4, -0.2) is 39.5 Å². The second-order valence-corrected chi connectivity index (χ2v) is 7.14. The van der Waals surface area contributed by atoms with Gasteiger partial charge in [0, 0.05) is 17.9 Å². The van der Waals surface area contributed by atoms with Gasteiger partial charge in [-0.05, 0) is 45.0 Å². The smallest absolute Gasteiger partial charge is 0.237 e. The predicted octanol–water partition coefficient (Wildman–Crippen LogP) is 2.74. The summed E-state index contributed by atoms with van der Waals surface area (Å²) in [4.78, 5) is 17.8. The van der Waals surface area contributed by atoms with E-state index >= 15 is 0 Å². The molecule has 2 N–H and O–H groups in total. The van der Waals surface area contributed by atoms with Gasteiger partial charge in [0.15, 0.2) is 5.82 Å². The van der Waals surface area contributed by atoms with Crippen LogP contribution in [0.1, 0.15) is 30.1 Å². The number of nitrogens with one attached hydrogen (secondary N) is 2. The fourth-order valence-electron chi connectivity index (χ4n) is 2.71. The first kappa shape index (κ1) is 19.8. The first-order valence-corrected chi connectivity index (χ1v) is 9.21. The van der Waals surface area contributed by atoms with Gasteiger partial charge in [-0.15, -0.1) is 24.2 Å². The van der Waals surface area contributed by atoms with Crippen molar-refractivity contribution in [1.29, 1.82) is 0 Å². The summed E-state index contributed by atoms with van der Waals surface area (Å²) in [5.41, 5.74) is 1.22. The van der Waals surface area contributed by atoms with Crippen LogP contribution in [-0.2, 0) is 11.8 Å². The largest absolute Gasteiger partial charge is 0.317 e. The quantitative estimate of drug-likeness (QED) is 0.779. The standard InChI is InChI=1S/C17H23N5OS.ClH/c1-12-3-5-14(6-4-12)24-11-15(23)19-17-20-16(21-22(17)2)13-7-9-18-10-8-13;/h3-6,13,18H,7-11H2,1-2H3,(H,19,20,21,23);1H. The molecule has 8 heteroatoms. The van der Waals surface area contributed by atoms with Crippen LogP contribution in [0.15, 0.2) is 29.2 Å². The third-order valence-electron chi connectivity index (χ3n) is 4.13. The van der Waals surface area contributed by atoms with Gasteiger partial charge in [0.25, 0.3) is 0 Å². The third kappa shape index (κ3) is 5.45. The van der Waals surface area contributed by atoms with Gasteiger partial charge in [0.1, 0.15) is 0 Å². The molecule has 25 heavy (non-hydrogen) atoms. The van der Waals surface area contributed by atoms with Crippen molar-refractivity contribution in [3.05, 3.63) is 35.7 Å². The number of halogens is 1.